The van der Waals surface area contributed by atoms with Crippen LogP contribution in [0, 0.1) is 5.92 Å². The van der Waals surface area contributed by atoms with Gasteiger partial charge in [-0.3, -0.25) is 9.59 Å². The highest BCUT2D eigenvalue weighted by Crippen LogP contribution is 2.20. The van der Waals surface area contributed by atoms with Gasteiger partial charge in [-0.15, -0.1) is 0 Å². The van der Waals surface area contributed by atoms with Gasteiger partial charge in [0.25, 0.3) is 5.91 Å². The lowest BCUT2D eigenvalue weighted by Gasteiger charge is -2.24. The molecule has 0 bridgehead atoms. The summed E-state index contributed by atoms with van der Waals surface area (Å²) in [6.07, 6.45) is 1.43. The van der Waals surface area contributed by atoms with Crippen molar-refractivity contribution in [2.24, 2.45) is 5.92 Å². The van der Waals surface area contributed by atoms with E-state index in [1.54, 1.807) is 12.1 Å². The lowest BCUT2D eigenvalue weighted by molar-refractivity contribution is -0.124. The lowest BCUT2D eigenvalue weighted by Crippen LogP contribution is -2.50. The fourth-order valence-electron chi connectivity index (χ4n) is 3.02. The van der Waals surface area contributed by atoms with E-state index >= 15 is 0 Å². The first-order valence-electron chi connectivity index (χ1n) is 9.09. The standard InChI is InChI=1S/C22H24N2O3/c1-14(2)20(24-21(25)19-9-6-12-27-19)22(26)23-15(3)17-11-10-16-7-4-5-8-18(16)13-17/h4-15,20H,1-3H3,(H,23,26)(H,24,25). The minimum Gasteiger partial charge on any atom is -0.459 e. The van der Waals surface area contributed by atoms with Gasteiger partial charge in [0.2, 0.25) is 5.91 Å². The Morgan fingerprint density at radius 1 is 0.889 bits per heavy atom. The molecule has 2 aromatic carbocycles. The van der Waals surface area contributed by atoms with Crippen molar-refractivity contribution in [3.63, 3.8) is 0 Å². The fraction of sp³-hybridized carbons (Fsp3) is 0.273. The lowest BCUT2D eigenvalue weighted by atomic mass is 10.0. The van der Waals surface area contributed by atoms with Crippen LogP contribution in [0.3, 0.4) is 0 Å². The molecule has 140 valence electrons. The molecular formula is C22H24N2O3. The van der Waals surface area contributed by atoms with E-state index in [9.17, 15) is 9.59 Å². The zero-order chi connectivity index (χ0) is 19.4. The minimum atomic E-state index is -0.648. The molecule has 0 radical (unpaired) electrons. The summed E-state index contributed by atoms with van der Waals surface area (Å²) in [5.74, 6) is -0.485. The molecule has 1 heterocycles. The normalized spacial score (nSPS) is 13.3. The molecule has 2 unspecified atom stereocenters. The molecule has 0 saturated heterocycles. The van der Waals surface area contributed by atoms with Gasteiger partial charge in [-0.1, -0.05) is 50.2 Å². The van der Waals surface area contributed by atoms with E-state index in [-0.39, 0.29) is 23.6 Å². The molecule has 0 aliphatic heterocycles. The molecule has 1 aromatic heterocycles. The molecule has 3 aromatic rings. The number of fused-ring (bicyclic) bond motifs is 1. The first-order chi connectivity index (χ1) is 13.0. The number of rotatable bonds is 6. The number of benzene rings is 2. The Morgan fingerprint density at radius 3 is 2.30 bits per heavy atom. The van der Waals surface area contributed by atoms with Crippen LogP contribution in [0.1, 0.15) is 42.9 Å². The van der Waals surface area contributed by atoms with Gasteiger partial charge in [0, 0.05) is 0 Å². The zero-order valence-corrected chi connectivity index (χ0v) is 15.7. The number of amides is 2. The average Bonchev–Trinajstić information content (AvgIpc) is 3.20. The summed E-state index contributed by atoms with van der Waals surface area (Å²) < 4.78 is 5.10. The summed E-state index contributed by atoms with van der Waals surface area (Å²) in [5, 5.41) is 8.05. The Bertz CT molecular complexity index is 932. The van der Waals surface area contributed by atoms with Crippen LogP contribution in [0.15, 0.2) is 65.3 Å². The highest BCUT2D eigenvalue weighted by atomic mass is 16.3. The summed E-state index contributed by atoms with van der Waals surface area (Å²) in [6, 6.07) is 16.6. The molecule has 0 spiro atoms. The second-order valence-electron chi connectivity index (χ2n) is 7.01. The Hall–Kier alpha value is -3.08. The molecule has 0 aliphatic rings. The minimum absolute atomic E-state index is 0.0623. The molecule has 0 aliphatic carbocycles. The molecule has 2 N–H and O–H groups in total. The number of hydrogen-bond acceptors (Lipinski definition) is 3. The third-order valence-corrected chi connectivity index (χ3v) is 4.61. The first-order valence-corrected chi connectivity index (χ1v) is 9.09. The fourth-order valence-corrected chi connectivity index (χ4v) is 3.02. The van der Waals surface area contributed by atoms with Gasteiger partial charge in [0.15, 0.2) is 5.76 Å². The van der Waals surface area contributed by atoms with Gasteiger partial charge >= 0.3 is 0 Å². The molecule has 27 heavy (non-hydrogen) atoms. The summed E-state index contributed by atoms with van der Waals surface area (Å²) in [7, 11) is 0. The van der Waals surface area contributed by atoms with Crippen LogP contribution in [0.25, 0.3) is 10.8 Å². The van der Waals surface area contributed by atoms with Crippen molar-refractivity contribution in [2.75, 3.05) is 0 Å². The van der Waals surface area contributed by atoms with E-state index in [4.69, 9.17) is 4.42 Å². The molecule has 5 nitrogen and oxygen atoms in total. The van der Waals surface area contributed by atoms with Crippen LogP contribution in [0.5, 0.6) is 0 Å². The average molecular weight is 364 g/mol. The molecule has 5 heteroatoms. The van der Waals surface area contributed by atoms with Crippen molar-refractivity contribution in [1.82, 2.24) is 10.6 Å². The van der Waals surface area contributed by atoms with Crippen molar-refractivity contribution in [1.29, 1.82) is 0 Å². The third-order valence-electron chi connectivity index (χ3n) is 4.61. The maximum absolute atomic E-state index is 12.8. The van der Waals surface area contributed by atoms with E-state index in [0.717, 1.165) is 16.3 Å². The second-order valence-corrected chi connectivity index (χ2v) is 7.01. The highest BCUT2D eigenvalue weighted by Gasteiger charge is 2.26. The third kappa shape index (κ3) is 4.37. The molecule has 0 saturated carbocycles. The predicted molar refractivity (Wildman–Crippen MR) is 105 cm³/mol. The number of furan rings is 1. The quantitative estimate of drug-likeness (QED) is 0.693. The highest BCUT2D eigenvalue weighted by molar-refractivity contribution is 5.95. The van der Waals surface area contributed by atoms with Crippen molar-refractivity contribution in [3.05, 3.63) is 72.2 Å². The van der Waals surface area contributed by atoms with Gasteiger partial charge < -0.3 is 15.1 Å². The van der Waals surface area contributed by atoms with Crippen LogP contribution in [-0.4, -0.2) is 17.9 Å². The summed E-state index contributed by atoms with van der Waals surface area (Å²) in [6.45, 7) is 5.73. The molecule has 2 amide bonds. The van der Waals surface area contributed by atoms with Crippen LogP contribution in [0.4, 0.5) is 0 Å². The number of carbonyl (C=O) groups excluding carboxylic acids is 2. The maximum atomic E-state index is 12.8. The molecule has 3 rings (SSSR count). The molecule has 2 atom stereocenters. The first kappa shape index (κ1) is 18.7. The summed E-state index contributed by atoms with van der Waals surface area (Å²) >= 11 is 0. The molecular weight excluding hydrogens is 340 g/mol. The van der Waals surface area contributed by atoms with E-state index in [1.807, 2.05) is 51.1 Å². The monoisotopic (exact) mass is 364 g/mol. The predicted octanol–water partition coefficient (Wildman–Crippen LogP) is 4.06. The Morgan fingerprint density at radius 2 is 1.63 bits per heavy atom. The van der Waals surface area contributed by atoms with Crippen molar-refractivity contribution in [2.45, 2.75) is 32.9 Å². The zero-order valence-electron chi connectivity index (χ0n) is 15.7. The van der Waals surface area contributed by atoms with Crippen molar-refractivity contribution >= 4 is 22.6 Å². The van der Waals surface area contributed by atoms with Gasteiger partial charge in [-0.2, -0.15) is 0 Å². The van der Waals surface area contributed by atoms with Gasteiger partial charge in [-0.25, -0.2) is 0 Å². The van der Waals surface area contributed by atoms with Gasteiger partial charge in [0.05, 0.1) is 12.3 Å². The molecule has 0 fully saturated rings. The van der Waals surface area contributed by atoms with Crippen molar-refractivity contribution < 1.29 is 14.0 Å². The van der Waals surface area contributed by atoms with E-state index < -0.39 is 11.9 Å². The SMILES string of the molecule is CC(NC(=O)C(NC(=O)c1ccco1)C(C)C)c1ccc2ccccc2c1. The summed E-state index contributed by atoms with van der Waals surface area (Å²) in [4.78, 5) is 25.0. The largest absolute Gasteiger partial charge is 0.459 e. The van der Waals surface area contributed by atoms with E-state index in [2.05, 4.69) is 22.8 Å². The van der Waals surface area contributed by atoms with Crippen LogP contribution < -0.4 is 10.6 Å². The second kappa shape index (κ2) is 8.08. The summed E-state index contributed by atoms with van der Waals surface area (Å²) in [5.41, 5.74) is 1.02. The van der Waals surface area contributed by atoms with Crippen molar-refractivity contribution in [3.8, 4) is 0 Å². The Labute approximate surface area is 158 Å². The number of carbonyl (C=O) groups is 2. The Kier molecular flexibility index (Phi) is 5.60. The van der Waals surface area contributed by atoms with E-state index in [0.29, 0.717) is 0 Å². The van der Waals surface area contributed by atoms with Gasteiger partial charge in [0.1, 0.15) is 6.04 Å². The van der Waals surface area contributed by atoms with Crippen LogP contribution >= 0.6 is 0 Å². The maximum Gasteiger partial charge on any atom is 0.287 e. The van der Waals surface area contributed by atoms with E-state index in [1.165, 1.54) is 6.26 Å². The van der Waals surface area contributed by atoms with Gasteiger partial charge in [-0.05, 0) is 47.4 Å². The number of nitrogens with one attached hydrogen (secondary N) is 2. The van der Waals surface area contributed by atoms with Crippen LogP contribution in [0.2, 0.25) is 0 Å². The smallest absolute Gasteiger partial charge is 0.287 e. The van der Waals surface area contributed by atoms with Crippen LogP contribution in [-0.2, 0) is 4.79 Å². The Balaban J connectivity index is 1.71. The topological polar surface area (TPSA) is 71.3 Å². The number of hydrogen-bond donors (Lipinski definition) is 2.